The number of hydrogen-bond donors (Lipinski definition) is 2. The Kier molecular flexibility index (Phi) is 5.06. The summed E-state index contributed by atoms with van der Waals surface area (Å²) in [5.74, 6) is 0. The van der Waals surface area contributed by atoms with Gasteiger partial charge in [-0.3, -0.25) is 9.36 Å². The summed E-state index contributed by atoms with van der Waals surface area (Å²) in [5.41, 5.74) is 4.20. The minimum Gasteiger partial charge on any atom is -0.394 e. The lowest BCUT2D eigenvalue weighted by Crippen LogP contribution is -2.17. The van der Waals surface area contributed by atoms with Crippen LogP contribution in [0, 0.1) is 0 Å². The fourth-order valence-electron chi connectivity index (χ4n) is 4.18. The maximum atomic E-state index is 9.42. The van der Waals surface area contributed by atoms with E-state index in [-0.39, 0.29) is 13.2 Å². The molecule has 0 unspecified atom stereocenters. The first-order valence-electron chi connectivity index (χ1n) is 10.4. The van der Waals surface area contributed by atoms with Gasteiger partial charge in [-0.2, -0.15) is 15.3 Å². The van der Waals surface area contributed by atoms with Gasteiger partial charge in [-0.1, -0.05) is 19.3 Å². The average Bonchev–Trinajstić information content (AvgIpc) is 3.54. The summed E-state index contributed by atoms with van der Waals surface area (Å²) in [6.07, 6.45) is 17.2. The molecule has 1 fully saturated rings. The molecule has 0 aliphatic heterocycles. The molecule has 0 spiro atoms. The van der Waals surface area contributed by atoms with E-state index in [4.69, 9.17) is 4.98 Å². The van der Waals surface area contributed by atoms with E-state index >= 15 is 0 Å². The van der Waals surface area contributed by atoms with E-state index < -0.39 is 6.04 Å². The van der Waals surface area contributed by atoms with Crippen LogP contribution in [0.5, 0.6) is 0 Å². The zero-order valence-corrected chi connectivity index (χ0v) is 16.7. The van der Waals surface area contributed by atoms with E-state index in [2.05, 4.69) is 26.2 Å². The van der Waals surface area contributed by atoms with Crippen molar-refractivity contribution >= 4 is 5.52 Å². The predicted molar refractivity (Wildman–Crippen MR) is 111 cm³/mol. The molecule has 30 heavy (non-hydrogen) atoms. The quantitative estimate of drug-likeness (QED) is 0.509. The summed E-state index contributed by atoms with van der Waals surface area (Å²) in [5, 5.41) is 32.2. The minimum absolute atomic E-state index is 0.186. The SMILES string of the molecule is OCC(CO)n1cc(-c2cn3nccc3c(-c3cnn(C4CCCCC4)c3)n2)cn1. The summed E-state index contributed by atoms with van der Waals surface area (Å²) >= 11 is 0. The molecule has 4 aromatic heterocycles. The summed E-state index contributed by atoms with van der Waals surface area (Å²) in [4.78, 5) is 4.90. The van der Waals surface area contributed by atoms with Crippen molar-refractivity contribution < 1.29 is 10.2 Å². The first kappa shape index (κ1) is 19.0. The second-order valence-electron chi connectivity index (χ2n) is 7.86. The van der Waals surface area contributed by atoms with Gasteiger partial charge < -0.3 is 10.2 Å². The molecule has 4 heterocycles. The Balaban J connectivity index is 1.53. The number of rotatable bonds is 6. The molecular weight excluding hydrogens is 382 g/mol. The van der Waals surface area contributed by atoms with Crippen LogP contribution < -0.4 is 0 Å². The molecule has 9 heteroatoms. The van der Waals surface area contributed by atoms with E-state index in [0.29, 0.717) is 11.7 Å². The lowest BCUT2D eigenvalue weighted by molar-refractivity contribution is 0.146. The average molecular weight is 407 g/mol. The van der Waals surface area contributed by atoms with Crippen molar-refractivity contribution in [3.63, 3.8) is 0 Å². The standard InChI is InChI=1S/C21H25N7O2/c29-13-18(14-30)27-10-15(8-23-27)19-12-28-20(6-7-22-28)21(25-19)16-9-24-26(11-16)17-4-2-1-3-5-17/h6-12,17-18,29-30H,1-5,13-14H2. The number of aromatic nitrogens is 7. The lowest BCUT2D eigenvalue weighted by Gasteiger charge is -2.21. The van der Waals surface area contributed by atoms with Crippen LogP contribution in [0.4, 0.5) is 0 Å². The van der Waals surface area contributed by atoms with Crippen LogP contribution in [0.1, 0.15) is 44.2 Å². The molecule has 1 saturated carbocycles. The van der Waals surface area contributed by atoms with Crippen molar-refractivity contribution in [3.8, 4) is 22.5 Å². The number of fused-ring (bicyclic) bond motifs is 1. The molecular formula is C21H25N7O2. The first-order chi connectivity index (χ1) is 14.8. The number of aliphatic hydroxyl groups excluding tert-OH is 2. The van der Waals surface area contributed by atoms with Crippen molar-refractivity contribution in [2.24, 2.45) is 0 Å². The van der Waals surface area contributed by atoms with Crippen molar-refractivity contribution in [2.75, 3.05) is 13.2 Å². The fourth-order valence-corrected chi connectivity index (χ4v) is 4.18. The third kappa shape index (κ3) is 3.40. The zero-order chi connectivity index (χ0) is 20.5. The molecule has 156 valence electrons. The Morgan fingerprint density at radius 3 is 2.53 bits per heavy atom. The van der Waals surface area contributed by atoms with Crippen LogP contribution in [0.25, 0.3) is 28.0 Å². The summed E-state index contributed by atoms with van der Waals surface area (Å²) < 4.78 is 5.45. The highest BCUT2D eigenvalue weighted by Gasteiger charge is 2.19. The zero-order valence-electron chi connectivity index (χ0n) is 16.7. The van der Waals surface area contributed by atoms with Crippen LogP contribution in [-0.4, -0.2) is 57.6 Å². The maximum absolute atomic E-state index is 9.42. The van der Waals surface area contributed by atoms with Gasteiger partial charge in [0.2, 0.25) is 0 Å². The third-order valence-electron chi connectivity index (χ3n) is 5.91. The van der Waals surface area contributed by atoms with Gasteiger partial charge in [0.25, 0.3) is 0 Å². The molecule has 4 aromatic rings. The normalized spacial score (nSPS) is 15.4. The number of nitrogens with zero attached hydrogens (tertiary/aromatic N) is 7. The summed E-state index contributed by atoms with van der Waals surface area (Å²) in [6, 6.07) is 1.94. The lowest BCUT2D eigenvalue weighted by atomic mass is 9.96. The number of hydrogen-bond acceptors (Lipinski definition) is 6. The maximum Gasteiger partial charge on any atom is 0.0999 e. The monoisotopic (exact) mass is 407 g/mol. The van der Waals surface area contributed by atoms with E-state index in [9.17, 15) is 10.2 Å². The molecule has 0 atom stereocenters. The van der Waals surface area contributed by atoms with Gasteiger partial charge in [-0.05, 0) is 18.9 Å². The first-order valence-corrected chi connectivity index (χ1v) is 10.4. The van der Waals surface area contributed by atoms with Gasteiger partial charge >= 0.3 is 0 Å². The highest BCUT2D eigenvalue weighted by molar-refractivity contribution is 5.78. The van der Waals surface area contributed by atoms with Gasteiger partial charge in [0.1, 0.15) is 0 Å². The van der Waals surface area contributed by atoms with Crippen LogP contribution in [-0.2, 0) is 0 Å². The molecule has 0 radical (unpaired) electrons. The summed E-state index contributed by atoms with van der Waals surface area (Å²) in [7, 11) is 0. The van der Waals surface area contributed by atoms with E-state index in [1.165, 1.54) is 32.1 Å². The second-order valence-corrected chi connectivity index (χ2v) is 7.86. The van der Waals surface area contributed by atoms with Crippen LogP contribution in [0.2, 0.25) is 0 Å². The van der Waals surface area contributed by atoms with Gasteiger partial charge in [0.05, 0.1) is 67.0 Å². The number of aliphatic hydroxyl groups is 2. The van der Waals surface area contributed by atoms with E-state index in [1.54, 1.807) is 23.3 Å². The van der Waals surface area contributed by atoms with Gasteiger partial charge in [0, 0.05) is 23.5 Å². The highest BCUT2D eigenvalue weighted by Crippen LogP contribution is 2.31. The smallest absolute Gasteiger partial charge is 0.0999 e. The van der Waals surface area contributed by atoms with Crippen LogP contribution in [0.3, 0.4) is 0 Å². The Morgan fingerprint density at radius 2 is 1.73 bits per heavy atom. The molecule has 1 aliphatic rings. The third-order valence-corrected chi connectivity index (χ3v) is 5.91. The van der Waals surface area contributed by atoms with Gasteiger partial charge in [-0.25, -0.2) is 9.50 Å². The van der Waals surface area contributed by atoms with Crippen molar-refractivity contribution in [1.29, 1.82) is 0 Å². The molecule has 2 N–H and O–H groups in total. The van der Waals surface area contributed by atoms with Crippen molar-refractivity contribution in [1.82, 2.24) is 34.2 Å². The van der Waals surface area contributed by atoms with E-state index in [0.717, 1.165) is 22.3 Å². The Hall–Kier alpha value is -3.04. The Bertz CT molecular complexity index is 1140. The summed E-state index contributed by atoms with van der Waals surface area (Å²) in [6.45, 7) is -0.371. The van der Waals surface area contributed by atoms with Crippen molar-refractivity contribution in [2.45, 2.75) is 44.2 Å². The Labute approximate surface area is 173 Å². The largest absolute Gasteiger partial charge is 0.394 e. The molecule has 0 bridgehead atoms. The highest BCUT2D eigenvalue weighted by atomic mass is 16.3. The second kappa shape index (κ2) is 8.00. The Morgan fingerprint density at radius 1 is 0.933 bits per heavy atom. The topological polar surface area (TPSA) is 106 Å². The molecule has 0 aromatic carbocycles. The van der Waals surface area contributed by atoms with Crippen molar-refractivity contribution in [3.05, 3.63) is 43.2 Å². The van der Waals surface area contributed by atoms with Crippen LogP contribution in [0.15, 0.2) is 43.2 Å². The van der Waals surface area contributed by atoms with Gasteiger partial charge in [-0.15, -0.1) is 0 Å². The molecule has 0 amide bonds. The predicted octanol–water partition coefficient (Wildman–Crippen LogP) is 2.49. The van der Waals surface area contributed by atoms with Gasteiger partial charge in [0.15, 0.2) is 0 Å². The fraction of sp³-hybridized carbons (Fsp3) is 0.429. The molecule has 0 saturated heterocycles. The molecule has 1 aliphatic carbocycles. The molecule has 9 nitrogen and oxygen atoms in total. The minimum atomic E-state index is -0.472. The van der Waals surface area contributed by atoms with Crippen LogP contribution >= 0.6 is 0 Å². The van der Waals surface area contributed by atoms with E-state index in [1.807, 2.05) is 23.0 Å². The molecule has 5 rings (SSSR count).